The fraction of sp³-hybridized carbons (Fsp3) is 0.917. The van der Waals surface area contributed by atoms with E-state index in [1.165, 1.54) is 19.3 Å². The third kappa shape index (κ3) is 6.00. The lowest BCUT2D eigenvalue weighted by Crippen LogP contribution is -2.44. The first-order valence-corrected chi connectivity index (χ1v) is 6.44. The number of likely N-dealkylation sites (tertiary alicyclic amines) is 1. The van der Waals surface area contributed by atoms with Crippen molar-refractivity contribution >= 4 is 5.97 Å². The van der Waals surface area contributed by atoms with Crippen molar-refractivity contribution in [1.82, 2.24) is 10.2 Å². The number of aliphatic hydroxyl groups is 1. The summed E-state index contributed by atoms with van der Waals surface area (Å²) in [7, 11) is 0. The Morgan fingerprint density at radius 2 is 1.94 bits per heavy atom. The Morgan fingerprint density at radius 3 is 2.53 bits per heavy atom. The van der Waals surface area contributed by atoms with Gasteiger partial charge in [-0.05, 0) is 32.9 Å². The molecule has 1 aliphatic rings. The van der Waals surface area contributed by atoms with Crippen molar-refractivity contribution in [2.75, 3.05) is 26.2 Å². The van der Waals surface area contributed by atoms with Crippen molar-refractivity contribution in [3.05, 3.63) is 0 Å². The number of nitrogens with one attached hydrogen (secondary N) is 1. The zero-order chi connectivity index (χ0) is 12.7. The standard InChI is InChI=1S/C12H24N2O3/c1-10(14-5-3-2-4-6-14)8-13-9-11(15)7-12(16)17/h10-11,13,15H,2-9H2,1H3,(H,16,17). The average molecular weight is 244 g/mol. The van der Waals surface area contributed by atoms with Gasteiger partial charge in [0.2, 0.25) is 0 Å². The van der Waals surface area contributed by atoms with E-state index in [2.05, 4.69) is 17.1 Å². The monoisotopic (exact) mass is 244 g/mol. The first kappa shape index (κ1) is 14.4. The molecule has 3 N–H and O–H groups in total. The molecule has 0 radical (unpaired) electrons. The van der Waals surface area contributed by atoms with E-state index in [4.69, 9.17) is 5.11 Å². The van der Waals surface area contributed by atoms with Crippen LogP contribution in [0.1, 0.15) is 32.6 Å². The van der Waals surface area contributed by atoms with Gasteiger partial charge >= 0.3 is 5.97 Å². The van der Waals surface area contributed by atoms with E-state index in [-0.39, 0.29) is 6.42 Å². The van der Waals surface area contributed by atoms with Gasteiger partial charge in [0.15, 0.2) is 0 Å². The van der Waals surface area contributed by atoms with Crippen LogP contribution >= 0.6 is 0 Å². The summed E-state index contributed by atoms with van der Waals surface area (Å²) in [4.78, 5) is 12.8. The van der Waals surface area contributed by atoms with Crippen LogP contribution in [-0.2, 0) is 4.79 Å². The van der Waals surface area contributed by atoms with Crippen LogP contribution in [0.4, 0.5) is 0 Å². The van der Waals surface area contributed by atoms with Gasteiger partial charge in [0.1, 0.15) is 0 Å². The molecule has 17 heavy (non-hydrogen) atoms. The molecule has 0 aromatic carbocycles. The van der Waals surface area contributed by atoms with E-state index >= 15 is 0 Å². The minimum Gasteiger partial charge on any atom is -0.481 e. The van der Waals surface area contributed by atoms with Gasteiger partial charge in [-0.25, -0.2) is 0 Å². The number of carboxylic acid groups (broad SMARTS) is 1. The molecule has 5 heteroatoms. The molecule has 1 rings (SSSR count). The minimum atomic E-state index is -0.955. The molecule has 2 unspecified atom stereocenters. The number of aliphatic hydroxyl groups excluding tert-OH is 1. The Morgan fingerprint density at radius 1 is 1.29 bits per heavy atom. The quantitative estimate of drug-likeness (QED) is 0.600. The van der Waals surface area contributed by atoms with Crippen LogP contribution < -0.4 is 5.32 Å². The highest BCUT2D eigenvalue weighted by atomic mass is 16.4. The highest BCUT2D eigenvalue weighted by molar-refractivity contribution is 5.67. The number of carbonyl (C=O) groups is 1. The summed E-state index contributed by atoms with van der Waals surface area (Å²) in [6.45, 7) is 5.63. The summed E-state index contributed by atoms with van der Waals surface area (Å²) in [5.74, 6) is -0.955. The first-order chi connectivity index (χ1) is 8.09. The number of hydrogen-bond donors (Lipinski definition) is 3. The van der Waals surface area contributed by atoms with E-state index in [0.717, 1.165) is 19.6 Å². The molecule has 0 aromatic rings. The number of nitrogens with zero attached hydrogens (tertiary/aromatic N) is 1. The Balaban J connectivity index is 2.10. The highest BCUT2D eigenvalue weighted by Gasteiger charge is 2.16. The molecule has 0 aliphatic carbocycles. The Kier molecular flexibility index (Phi) is 6.47. The number of carboxylic acids is 1. The van der Waals surface area contributed by atoms with Gasteiger partial charge in [0, 0.05) is 19.1 Å². The molecule has 0 aromatic heterocycles. The summed E-state index contributed by atoms with van der Waals surface area (Å²) < 4.78 is 0. The maximum atomic E-state index is 10.4. The maximum Gasteiger partial charge on any atom is 0.306 e. The van der Waals surface area contributed by atoms with Crippen LogP contribution in [0.2, 0.25) is 0 Å². The van der Waals surface area contributed by atoms with Crippen LogP contribution in [0, 0.1) is 0 Å². The van der Waals surface area contributed by atoms with Gasteiger partial charge < -0.3 is 15.5 Å². The van der Waals surface area contributed by atoms with Crippen LogP contribution in [-0.4, -0.2) is 59.4 Å². The first-order valence-electron chi connectivity index (χ1n) is 6.44. The predicted octanol–water partition coefficient (Wildman–Crippen LogP) is 0.286. The van der Waals surface area contributed by atoms with Crippen LogP contribution in [0.25, 0.3) is 0 Å². The van der Waals surface area contributed by atoms with Crippen LogP contribution in [0.3, 0.4) is 0 Å². The molecular formula is C12H24N2O3. The van der Waals surface area contributed by atoms with Crippen molar-refractivity contribution in [3.8, 4) is 0 Å². The summed E-state index contributed by atoms with van der Waals surface area (Å²) in [5.41, 5.74) is 0. The van der Waals surface area contributed by atoms with Crippen molar-refractivity contribution < 1.29 is 15.0 Å². The number of aliphatic carboxylic acids is 1. The lowest BCUT2D eigenvalue weighted by atomic mass is 10.1. The Bertz CT molecular complexity index is 230. The van der Waals surface area contributed by atoms with E-state index in [0.29, 0.717) is 12.6 Å². The van der Waals surface area contributed by atoms with Crippen molar-refractivity contribution in [2.45, 2.75) is 44.8 Å². The largest absolute Gasteiger partial charge is 0.481 e. The summed E-state index contributed by atoms with van der Waals surface area (Å²) in [6, 6.07) is 0.451. The molecule has 1 fully saturated rings. The second kappa shape index (κ2) is 7.63. The molecule has 1 heterocycles. The minimum absolute atomic E-state index is 0.189. The van der Waals surface area contributed by atoms with Gasteiger partial charge in [-0.2, -0.15) is 0 Å². The summed E-state index contributed by atoms with van der Waals surface area (Å²) >= 11 is 0. The van der Waals surface area contributed by atoms with Crippen LogP contribution in [0.5, 0.6) is 0 Å². The third-order valence-electron chi connectivity index (χ3n) is 3.24. The molecular weight excluding hydrogens is 220 g/mol. The third-order valence-corrected chi connectivity index (χ3v) is 3.24. The molecule has 0 bridgehead atoms. The molecule has 0 spiro atoms. The molecule has 5 nitrogen and oxygen atoms in total. The topological polar surface area (TPSA) is 72.8 Å². The Hall–Kier alpha value is -0.650. The van der Waals surface area contributed by atoms with E-state index in [9.17, 15) is 9.90 Å². The van der Waals surface area contributed by atoms with Crippen molar-refractivity contribution in [1.29, 1.82) is 0 Å². The fourth-order valence-corrected chi connectivity index (χ4v) is 2.22. The molecule has 0 amide bonds. The van der Waals surface area contributed by atoms with Gasteiger partial charge in [0.25, 0.3) is 0 Å². The highest BCUT2D eigenvalue weighted by Crippen LogP contribution is 2.11. The summed E-state index contributed by atoms with van der Waals surface area (Å²) in [6.07, 6.45) is 2.89. The average Bonchev–Trinajstić information content (AvgIpc) is 2.29. The van der Waals surface area contributed by atoms with Gasteiger partial charge in [-0.1, -0.05) is 6.42 Å². The van der Waals surface area contributed by atoms with E-state index < -0.39 is 12.1 Å². The smallest absolute Gasteiger partial charge is 0.306 e. The molecule has 0 saturated carbocycles. The molecule has 1 aliphatic heterocycles. The van der Waals surface area contributed by atoms with Gasteiger partial charge in [-0.15, -0.1) is 0 Å². The number of rotatable bonds is 7. The molecule has 100 valence electrons. The van der Waals surface area contributed by atoms with Gasteiger partial charge in [0.05, 0.1) is 12.5 Å². The maximum absolute atomic E-state index is 10.4. The molecule has 1 saturated heterocycles. The van der Waals surface area contributed by atoms with Crippen molar-refractivity contribution in [3.63, 3.8) is 0 Å². The lowest BCUT2D eigenvalue weighted by Gasteiger charge is -2.32. The van der Waals surface area contributed by atoms with E-state index in [1.807, 2.05) is 0 Å². The van der Waals surface area contributed by atoms with Crippen molar-refractivity contribution in [2.24, 2.45) is 0 Å². The summed E-state index contributed by atoms with van der Waals surface area (Å²) in [5, 5.41) is 21.0. The molecule has 2 atom stereocenters. The normalized spacial score (nSPS) is 21.1. The predicted molar refractivity (Wildman–Crippen MR) is 66.0 cm³/mol. The second-order valence-electron chi connectivity index (χ2n) is 4.86. The SMILES string of the molecule is CC(CNCC(O)CC(=O)O)N1CCCCC1. The van der Waals surface area contributed by atoms with E-state index in [1.54, 1.807) is 0 Å². The number of piperidine rings is 1. The van der Waals surface area contributed by atoms with Gasteiger partial charge in [-0.3, -0.25) is 9.69 Å². The zero-order valence-electron chi connectivity index (χ0n) is 10.6. The fourth-order valence-electron chi connectivity index (χ4n) is 2.22. The second-order valence-corrected chi connectivity index (χ2v) is 4.86. The zero-order valence-corrected chi connectivity index (χ0v) is 10.6. The van der Waals surface area contributed by atoms with Crippen LogP contribution in [0.15, 0.2) is 0 Å². The number of hydrogen-bond acceptors (Lipinski definition) is 4. The lowest BCUT2D eigenvalue weighted by molar-refractivity contribution is -0.139. The Labute approximate surface area is 103 Å².